The number of hydrogen-bond acceptors (Lipinski definition) is 4. The van der Waals surface area contributed by atoms with E-state index in [-0.39, 0.29) is 0 Å². The number of aryl methyl sites for hydroxylation is 1. The van der Waals surface area contributed by atoms with Crippen molar-refractivity contribution in [2.75, 3.05) is 0 Å². The first-order chi connectivity index (χ1) is 14.6. The molecule has 1 heterocycles. The standard InChI is InChI=1S/C23H19N3O4/c1-2-16-15-18(13-14-20(16)30-19-11-7-4-8-12-19)26-22(28)24-21(27)25(23(26)29)17-9-5-3-6-10-17/h3-15H,2H2,1H3,(H,24,27,28). The molecule has 0 aliphatic rings. The van der Waals surface area contributed by atoms with Crippen LogP contribution in [-0.4, -0.2) is 14.1 Å². The first kappa shape index (κ1) is 19.2. The summed E-state index contributed by atoms with van der Waals surface area (Å²) in [4.78, 5) is 40.1. The molecule has 1 N–H and O–H groups in total. The van der Waals surface area contributed by atoms with Crippen LogP contribution in [0.25, 0.3) is 11.4 Å². The monoisotopic (exact) mass is 401 g/mol. The summed E-state index contributed by atoms with van der Waals surface area (Å²) >= 11 is 0. The zero-order valence-electron chi connectivity index (χ0n) is 16.2. The van der Waals surface area contributed by atoms with E-state index in [0.29, 0.717) is 29.3 Å². The molecule has 0 amide bonds. The summed E-state index contributed by atoms with van der Waals surface area (Å²) in [5.41, 5.74) is -0.780. The van der Waals surface area contributed by atoms with Gasteiger partial charge >= 0.3 is 17.1 Å². The van der Waals surface area contributed by atoms with Crippen LogP contribution in [0.4, 0.5) is 0 Å². The van der Waals surface area contributed by atoms with E-state index < -0.39 is 17.1 Å². The fourth-order valence-corrected chi connectivity index (χ4v) is 3.21. The van der Waals surface area contributed by atoms with E-state index in [1.807, 2.05) is 37.3 Å². The molecule has 150 valence electrons. The summed E-state index contributed by atoms with van der Waals surface area (Å²) < 4.78 is 7.81. The zero-order valence-corrected chi connectivity index (χ0v) is 16.2. The van der Waals surface area contributed by atoms with Crippen molar-refractivity contribution in [3.05, 3.63) is 116 Å². The van der Waals surface area contributed by atoms with E-state index in [0.717, 1.165) is 14.7 Å². The Morgan fingerprint density at radius 3 is 2.00 bits per heavy atom. The molecule has 0 aliphatic heterocycles. The Labute approximate surface area is 171 Å². The van der Waals surface area contributed by atoms with E-state index in [4.69, 9.17) is 4.74 Å². The van der Waals surface area contributed by atoms with Gasteiger partial charge in [-0.3, -0.25) is 4.98 Å². The van der Waals surface area contributed by atoms with Crippen LogP contribution in [0.15, 0.2) is 93.2 Å². The number of nitrogens with one attached hydrogen (secondary N) is 1. The first-order valence-corrected chi connectivity index (χ1v) is 9.48. The van der Waals surface area contributed by atoms with E-state index >= 15 is 0 Å². The van der Waals surface area contributed by atoms with Crippen molar-refractivity contribution >= 4 is 0 Å². The van der Waals surface area contributed by atoms with Crippen LogP contribution >= 0.6 is 0 Å². The number of rotatable bonds is 5. The Balaban J connectivity index is 1.84. The lowest BCUT2D eigenvalue weighted by atomic mass is 10.1. The summed E-state index contributed by atoms with van der Waals surface area (Å²) in [7, 11) is 0. The number of benzene rings is 3. The van der Waals surface area contributed by atoms with Gasteiger partial charge in [-0.2, -0.15) is 0 Å². The van der Waals surface area contributed by atoms with Gasteiger partial charge in [-0.25, -0.2) is 23.5 Å². The molecule has 3 aromatic carbocycles. The van der Waals surface area contributed by atoms with Gasteiger partial charge in [0.25, 0.3) is 0 Å². The second-order valence-electron chi connectivity index (χ2n) is 6.58. The normalized spacial score (nSPS) is 10.7. The molecular weight excluding hydrogens is 382 g/mol. The molecule has 4 rings (SSSR count). The van der Waals surface area contributed by atoms with Gasteiger partial charge in [-0.15, -0.1) is 0 Å². The molecule has 0 saturated carbocycles. The minimum absolute atomic E-state index is 0.350. The summed E-state index contributed by atoms with van der Waals surface area (Å²) in [6.45, 7) is 1.95. The predicted molar refractivity (Wildman–Crippen MR) is 114 cm³/mol. The molecule has 30 heavy (non-hydrogen) atoms. The topological polar surface area (TPSA) is 86.1 Å². The number of aromatic nitrogens is 3. The van der Waals surface area contributed by atoms with Crippen molar-refractivity contribution in [3.8, 4) is 22.9 Å². The van der Waals surface area contributed by atoms with E-state index in [1.54, 1.807) is 48.5 Å². The highest BCUT2D eigenvalue weighted by Gasteiger charge is 2.15. The van der Waals surface area contributed by atoms with E-state index in [9.17, 15) is 14.4 Å². The Morgan fingerprint density at radius 1 is 0.767 bits per heavy atom. The number of para-hydroxylation sites is 2. The molecule has 0 radical (unpaired) electrons. The van der Waals surface area contributed by atoms with Crippen LogP contribution in [0.2, 0.25) is 0 Å². The number of nitrogens with zero attached hydrogens (tertiary/aromatic N) is 2. The third-order valence-electron chi connectivity index (χ3n) is 4.67. The van der Waals surface area contributed by atoms with Crippen LogP contribution in [0, 0.1) is 0 Å². The van der Waals surface area contributed by atoms with Gasteiger partial charge in [-0.05, 0) is 54.4 Å². The van der Waals surface area contributed by atoms with Gasteiger partial charge < -0.3 is 4.74 Å². The maximum absolute atomic E-state index is 13.1. The Morgan fingerprint density at radius 2 is 1.37 bits per heavy atom. The quantitative estimate of drug-likeness (QED) is 0.557. The average molecular weight is 401 g/mol. The van der Waals surface area contributed by atoms with Crippen molar-refractivity contribution in [3.63, 3.8) is 0 Å². The fraction of sp³-hybridized carbons (Fsp3) is 0.0870. The molecular formula is C23H19N3O4. The van der Waals surface area contributed by atoms with E-state index in [2.05, 4.69) is 4.98 Å². The van der Waals surface area contributed by atoms with Crippen molar-refractivity contribution in [2.45, 2.75) is 13.3 Å². The average Bonchev–Trinajstić information content (AvgIpc) is 2.76. The molecule has 0 fully saturated rings. The molecule has 0 atom stereocenters. The van der Waals surface area contributed by atoms with Gasteiger partial charge in [0.15, 0.2) is 0 Å². The molecule has 0 bridgehead atoms. The fourth-order valence-electron chi connectivity index (χ4n) is 3.21. The third-order valence-corrected chi connectivity index (χ3v) is 4.67. The minimum atomic E-state index is -0.795. The smallest absolute Gasteiger partial charge is 0.345 e. The lowest BCUT2D eigenvalue weighted by molar-refractivity contribution is 0.476. The van der Waals surface area contributed by atoms with Crippen LogP contribution < -0.4 is 21.8 Å². The van der Waals surface area contributed by atoms with Crippen LogP contribution in [0.5, 0.6) is 11.5 Å². The number of hydrogen-bond donors (Lipinski definition) is 1. The highest BCUT2D eigenvalue weighted by atomic mass is 16.5. The summed E-state index contributed by atoms with van der Waals surface area (Å²) in [6, 6.07) is 22.8. The van der Waals surface area contributed by atoms with Gasteiger partial charge in [0.1, 0.15) is 11.5 Å². The number of H-pyrrole nitrogens is 1. The largest absolute Gasteiger partial charge is 0.457 e. The molecule has 4 aromatic rings. The van der Waals surface area contributed by atoms with Crippen molar-refractivity contribution < 1.29 is 4.74 Å². The highest BCUT2D eigenvalue weighted by molar-refractivity contribution is 5.46. The highest BCUT2D eigenvalue weighted by Crippen LogP contribution is 2.27. The Bertz CT molecular complexity index is 1350. The van der Waals surface area contributed by atoms with Gasteiger partial charge in [0.05, 0.1) is 11.4 Å². The first-order valence-electron chi connectivity index (χ1n) is 9.48. The second kappa shape index (κ2) is 8.08. The maximum Gasteiger partial charge on any atom is 0.345 e. The molecule has 7 nitrogen and oxygen atoms in total. The van der Waals surface area contributed by atoms with Crippen molar-refractivity contribution in [1.29, 1.82) is 0 Å². The SMILES string of the molecule is CCc1cc(-n2c(=O)[nH]c(=O)n(-c3ccccc3)c2=O)ccc1Oc1ccccc1. The van der Waals surface area contributed by atoms with Crippen molar-refractivity contribution in [2.24, 2.45) is 0 Å². The van der Waals surface area contributed by atoms with Crippen LogP contribution in [0.3, 0.4) is 0 Å². The maximum atomic E-state index is 13.1. The summed E-state index contributed by atoms with van der Waals surface area (Å²) in [5, 5.41) is 0. The number of ether oxygens (including phenoxy) is 1. The molecule has 1 aromatic heterocycles. The Hall–Kier alpha value is -4.13. The number of aromatic amines is 1. The van der Waals surface area contributed by atoms with E-state index in [1.165, 1.54) is 0 Å². The minimum Gasteiger partial charge on any atom is -0.457 e. The molecule has 0 saturated heterocycles. The predicted octanol–water partition coefficient (Wildman–Crippen LogP) is 3.03. The molecule has 0 unspecified atom stereocenters. The molecule has 0 aliphatic carbocycles. The second-order valence-corrected chi connectivity index (χ2v) is 6.58. The van der Waals surface area contributed by atoms with Gasteiger partial charge in [0, 0.05) is 0 Å². The molecule has 0 spiro atoms. The van der Waals surface area contributed by atoms with Crippen LogP contribution in [-0.2, 0) is 6.42 Å². The summed E-state index contributed by atoms with van der Waals surface area (Å²) in [6.07, 6.45) is 0.626. The van der Waals surface area contributed by atoms with Gasteiger partial charge in [-0.1, -0.05) is 43.3 Å². The third kappa shape index (κ3) is 3.60. The lowest BCUT2D eigenvalue weighted by Gasteiger charge is -2.13. The van der Waals surface area contributed by atoms with Gasteiger partial charge in [0.2, 0.25) is 0 Å². The zero-order chi connectivity index (χ0) is 21.1. The molecule has 7 heteroatoms. The van der Waals surface area contributed by atoms with Crippen molar-refractivity contribution in [1.82, 2.24) is 14.1 Å². The lowest BCUT2D eigenvalue weighted by Crippen LogP contribution is -2.48. The Kier molecular flexibility index (Phi) is 5.17. The van der Waals surface area contributed by atoms with Crippen LogP contribution in [0.1, 0.15) is 12.5 Å². The summed E-state index contributed by atoms with van der Waals surface area (Å²) in [5.74, 6) is 1.32.